The van der Waals surface area contributed by atoms with Crippen LogP contribution in [0.3, 0.4) is 0 Å². The summed E-state index contributed by atoms with van der Waals surface area (Å²) in [4.78, 5) is 0. The Morgan fingerprint density at radius 1 is 0.386 bits per heavy atom. The molecule has 0 spiro atoms. The molecule has 0 amide bonds. The van der Waals surface area contributed by atoms with E-state index in [1.54, 1.807) is 0 Å². The van der Waals surface area contributed by atoms with Crippen molar-refractivity contribution in [3.05, 3.63) is 218 Å². The zero-order valence-corrected chi connectivity index (χ0v) is 31.8. The maximum absolute atomic E-state index is 2.44. The van der Waals surface area contributed by atoms with Gasteiger partial charge in [0.05, 0.1) is 22.1 Å². The topological polar surface area (TPSA) is 9.86 Å². The average Bonchev–Trinajstić information content (AvgIpc) is 3.80. The van der Waals surface area contributed by atoms with E-state index >= 15 is 0 Å². The van der Waals surface area contributed by atoms with Crippen LogP contribution in [0.1, 0.15) is 18.9 Å². The molecule has 0 radical (unpaired) electrons. The van der Waals surface area contributed by atoms with Crippen LogP contribution in [0.2, 0.25) is 0 Å². The maximum Gasteiger partial charge on any atom is 0.0541 e. The third kappa shape index (κ3) is 5.56. The number of benzene rings is 8. The summed E-state index contributed by atoms with van der Waals surface area (Å²) < 4.78 is 4.86. The number of nitrogens with zero attached hydrogens (tertiary/aromatic N) is 2. The van der Waals surface area contributed by atoms with Gasteiger partial charge in [0.25, 0.3) is 0 Å². The average molecular weight is 729 g/mol. The first-order chi connectivity index (χ1) is 28.1. The molecule has 1 atom stereocenters. The predicted molar refractivity (Wildman–Crippen MR) is 242 cm³/mol. The Morgan fingerprint density at radius 2 is 0.877 bits per heavy atom. The molecular weight excluding hydrogens is 689 g/mol. The van der Waals surface area contributed by atoms with Gasteiger partial charge in [0.2, 0.25) is 0 Å². The molecule has 8 aromatic carbocycles. The monoisotopic (exact) mass is 728 g/mol. The highest BCUT2D eigenvalue weighted by molar-refractivity contribution is 6.13. The van der Waals surface area contributed by atoms with Crippen molar-refractivity contribution < 1.29 is 0 Å². The molecule has 0 bridgehead atoms. The van der Waals surface area contributed by atoms with E-state index in [-0.39, 0.29) is 5.41 Å². The summed E-state index contributed by atoms with van der Waals surface area (Å²) in [5.74, 6) is 0. The second-order valence-electron chi connectivity index (χ2n) is 15.6. The highest BCUT2D eigenvalue weighted by Crippen LogP contribution is 2.41. The Balaban J connectivity index is 0.992. The quantitative estimate of drug-likeness (QED) is 0.161. The van der Waals surface area contributed by atoms with Crippen LogP contribution in [0.25, 0.3) is 88.4 Å². The van der Waals surface area contributed by atoms with Crippen molar-refractivity contribution in [2.75, 3.05) is 0 Å². The maximum atomic E-state index is 2.44. The highest BCUT2D eigenvalue weighted by Gasteiger charge is 2.26. The minimum absolute atomic E-state index is 0.0181. The smallest absolute Gasteiger partial charge is 0.0541 e. The van der Waals surface area contributed by atoms with Crippen molar-refractivity contribution >= 4 is 49.3 Å². The van der Waals surface area contributed by atoms with Crippen molar-refractivity contribution in [1.82, 2.24) is 9.13 Å². The summed E-state index contributed by atoms with van der Waals surface area (Å²) in [7, 11) is 0. The molecule has 0 saturated heterocycles. The van der Waals surface area contributed by atoms with Gasteiger partial charge in [-0.3, -0.25) is 0 Å². The van der Waals surface area contributed by atoms with Gasteiger partial charge in [0, 0.05) is 38.3 Å². The Kier molecular flexibility index (Phi) is 7.72. The van der Waals surface area contributed by atoms with E-state index in [1.165, 1.54) is 88.3 Å². The fourth-order valence-electron chi connectivity index (χ4n) is 9.12. The third-order valence-electron chi connectivity index (χ3n) is 12.1. The van der Waals surface area contributed by atoms with Crippen molar-refractivity contribution in [3.63, 3.8) is 0 Å². The molecule has 0 aliphatic heterocycles. The minimum atomic E-state index is -0.0181. The fraction of sp³-hybridized carbons (Fsp3) is 0.0545. The van der Waals surface area contributed by atoms with Gasteiger partial charge in [-0.1, -0.05) is 159 Å². The lowest BCUT2D eigenvalue weighted by atomic mass is 9.77. The molecular formula is C55H40N2. The Morgan fingerprint density at radius 3 is 1.53 bits per heavy atom. The van der Waals surface area contributed by atoms with Gasteiger partial charge in [-0.2, -0.15) is 0 Å². The van der Waals surface area contributed by atoms with E-state index in [2.05, 4.69) is 228 Å². The second kappa shape index (κ2) is 13.3. The third-order valence-corrected chi connectivity index (χ3v) is 12.1. The first-order valence-corrected chi connectivity index (χ1v) is 19.9. The zero-order valence-electron chi connectivity index (χ0n) is 31.8. The van der Waals surface area contributed by atoms with E-state index in [4.69, 9.17) is 0 Å². The molecule has 57 heavy (non-hydrogen) atoms. The number of rotatable bonds is 6. The molecule has 1 unspecified atom stereocenters. The Hall–Kier alpha value is -7.16. The van der Waals surface area contributed by atoms with Crippen molar-refractivity contribution in [3.8, 4) is 39.1 Å². The predicted octanol–water partition coefficient (Wildman–Crippen LogP) is 14.7. The van der Waals surface area contributed by atoms with Crippen molar-refractivity contribution in [2.24, 2.45) is 0 Å². The highest BCUT2D eigenvalue weighted by atomic mass is 15.0. The van der Waals surface area contributed by atoms with E-state index < -0.39 is 0 Å². The summed E-state index contributed by atoms with van der Waals surface area (Å²) in [6.45, 7) is 2.34. The van der Waals surface area contributed by atoms with Crippen LogP contribution in [-0.4, -0.2) is 9.13 Å². The Bertz CT molecular complexity index is 3210. The fourth-order valence-corrected chi connectivity index (χ4v) is 9.12. The molecule has 0 saturated carbocycles. The van der Waals surface area contributed by atoms with Crippen LogP contribution in [-0.2, 0) is 5.41 Å². The molecule has 0 fully saturated rings. The molecule has 2 aromatic heterocycles. The lowest BCUT2D eigenvalue weighted by Crippen LogP contribution is -2.20. The largest absolute Gasteiger partial charge is 0.310 e. The number of fused-ring (bicyclic) bond motifs is 6. The summed E-state index contributed by atoms with van der Waals surface area (Å²) in [6, 6.07) is 70.9. The first kappa shape index (κ1) is 33.2. The van der Waals surface area contributed by atoms with E-state index in [0.717, 1.165) is 12.1 Å². The standard InChI is InChI=1S/C55H40N2/c1-55(44-19-6-3-7-20-44)32-30-45(31-33-55)56-51-24-10-8-22-47(51)49-36-42(26-28-53(49)56)43-27-29-54-50(37-43)48-23-9-11-25-52(48)57(54)46-21-13-18-41(35-46)40-17-12-16-39(34-40)38-14-4-2-5-15-38/h2-32,34-37H,33H2,1H3. The number of allylic oxidation sites excluding steroid dienone is 4. The van der Waals surface area contributed by atoms with Gasteiger partial charge in [0.15, 0.2) is 0 Å². The number of hydrogen-bond donors (Lipinski definition) is 0. The summed E-state index contributed by atoms with van der Waals surface area (Å²) in [6.07, 6.45) is 8.07. The van der Waals surface area contributed by atoms with Crippen LogP contribution in [0.4, 0.5) is 0 Å². The molecule has 2 heteroatoms. The van der Waals surface area contributed by atoms with Crippen LogP contribution in [0.15, 0.2) is 212 Å². The minimum Gasteiger partial charge on any atom is -0.310 e. The first-order valence-electron chi connectivity index (χ1n) is 19.9. The van der Waals surface area contributed by atoms with Crippen LogP contribution in [0, 0.1) is 0 Å². The van der Waals surface area contributed by atoms with Crippen LogP contribution in [0.5, 0.6) is 0 Å². The van der Waals surface area contributed by atoms with Gasteiger partial charge in [-0.15, -0.1) is 0 Å². The van der Waals surface area contributed by atoms with Crippen LogP contribution >= 0.6 is 0 Å². The second-order valence-corrected chi connectivity index (χ2v) is 15.6. The molecule has 11 rings (SSSR count). The van der Waals surface area contributed by atoms with Crippen molar-refractivity contribution in [2.45, 2.75) is 18.8 Å². The van der Waals surface area contributed by atoms with E-state index in [1.807, 2.05) is 0 Å². The molecule has 0 N–H and O–H groups in total. The molecule has 1 aliphatic carbocycles. The molecule has 2 heterocycles. The molecule has 270 valence electrons. The number of hydrogen-bond acceptors (Lipinski definition) is 0. The number of para-hydroxylation sites is 2. The molecule has 1 aliphatic rings. The summed E-state index contributed by atoms with van der Waals surface area (Å²) in [5.41, 5.74) is 15.9. The van der Waals surface area contributed by atoms with E-state index in [0.29, 0.717) is 0 Å². The Labute approximate surface area is 332 Å². The van der Waals surface area contributed by atoms with Gasteiger partial charge in [0.1, 0.15) is 0 Å². The SMILES string of the molecule is CC1(c2ccccc2)C=CC(n2c3ccccc3c3cc(-c4ccc5c(c4)c4ccccc4n5-c4cccc(-c5cccc(-c6ccccc6)c5)c4)ccc32)=CC1. The lowest BCUT2D eigenvalue weighted by molar-refractivity contribution is 0.599. The van der Waals surface area contributed by atoms with Crippen LogP contribution < -0.4 is 0 Å². The van der Waals surface area contributed by atoms with Gasteiger partial charge < -0.3 is 9.13 Å². The molecule has 2 nitrogen and oxygen atoms in total. The lowest BCUT2D eigenvalue weighted by Gasteiger charge is -2.29. The number of aromatic nitrogens is 2. The molecule has 10 aromatic rings. The van der Waals surface area contributed by atoms with Gasteiger partial charge in [-0.25, -0.2) is 0 Å². The van der Waals surface area contributed by atoms with E-state index in [9.17, 15) is 0 Å². The summed E-state index contributed by atoms with van der Waals surface area (Å²) in [5, 5.41) is 5.04. The van der Waals surface area contributed by atoms with Gasteiger partial charge >= 0.3 is 0 Å². The normalized spacial score (nSPS) is 15.5. The van der Waals surface area contributed by atoms with Crippen molar-refractivity contribution in [1.29, 1.82) is 0 Å². The zero-order chi connectivity index (χ0) is 37.9. The van der Waals surface area contributed by atoms with Gasteiger partial charge in [-0.05, 0) is 106 Å². The summed E-state index contributed by atoms with van der Waals surface area (Å²) >= 11 is 0.